The van der Waals surface area contributed by atoms with Crippen molar-refractivity contribution in [2.75, 3.05) is 33.4 Å². The molecule has 0 aliphatic heterocycles. The van der Waals surface area contributed by atoms with Crippen LogP contribution in [0.3, 0.4) is 0 Å². The van der Waals surface area contributed by atoms with E-state index in [-0.39, 0.29) is 19.0 Å². The van der Waals surface area contributed by atoms with E-state index in [0.29, 0.717) is 6.61 Å². The van der Waals surface area contributed by atoms with Gasteiger partial charge in [0.1, 0.15) is 0 Å². The number of hydrogen-bond acceptors (Lipinski definition) is 3. The van der Waals surface area contributed by atoms with Crippen LogP contribution in [0, 0.1) is 0 Å². The van der Waals surface area contributed by atoms with Crippen LogP contribution in [-0.4, -0.2) is 38.5 Å². The van der Waals surface area contributed by atoms with Gasteiger partial charge in [0, 0.05) is 6.61 Å². The van der Waals surface area contributed by atoms with Crippen molar-refractivity contribution in [3.63, 3.8) is 0 Å². The van der Waals surface area contributed by atoms with Crippen LogP contribution in [0.25, 0.3) is 0 Å². The Morgan fingerprint density at radius 3 is 2.60 bits per heavy atom. The van der Waals surface area contributed by atoms with Crippen LogP contribution in [0.2, 0.25) is 0 Å². The van der Waals surface area contributed by atoms with E-state index in [4.69, 9.17) is 9.84 Å². The van der Waals surface area contributed by atoms with Gasteiger partial charge in [0.05, 0.1) is 13.2 Å². The Labute approximate surface area is 68.2 Å². The standard InChI is InChI=1S/C6H15NO2.ClH/c1-7-3-2-5-9-6-4-8;/h7-8H,2-6H2,1H3;1H. The Morgan fingerprint density at radius 2 is 2.10 bits per heavy atom. The Hall–Kier alpha value is 0.170. The molecule has 0 fully saturated rings. The van der Waals surface area contributed by atoms with E-state index >= 15 is 0 Å². The van der Waals surface area contributed by atoms with Crippen molar-refractivity contribution in [3.05, 3.63) is 0 Å². The van der Waals surface area contributed by atoms with Crippen LogP contribution in [0.4, 0.5) is 0 Å². The van der Waals surface area contributed by atoms with Gasteiger partial charge in [-0.1, -0.05) is 0 Å². The number of nitrogens with one attached hydrogen (secondary N) is 1. The summed E-state index contributed by atoms with van der Waals surface area (Å²) >= 11 is 0. The number of halogens is 1. The monoisotopic (exact) mass is 169 g/mol. The summed E-state index contributed by atoms with van der Waals surface area (Å²) in [4.78, 5) is 0. The summed E-state index contributed by atoms with van der Waals surface area (Å²) in [5.41, 5.74) is 0. The van der Waals surface area contributed by atoms with Gasteiger partial charge >= 0.3 is 0 Å². The molecule has 0 saturated heterocycles. The Kier molecular flexibility index (Phi) is 15.3. The van der Waals surface area contributed by atoms with Gasteiger partial charge in [0.15, 0.2) is 0 Å². The smallest absolute Gasteiger partial charge is 0.0697 e. The molecule has 0 heterocycles. The summed E-state index contributed by atoms with van der Waals surface area (Å²) in [6, 6.07) is 0. The Balaban J connectivity index is 0. The van der Waals surface area contributed by atoms with Crippen molar-refractivity contribution in [3.8, 4) is 0 Å². The number of hydrogen-bond donors (Lipinski definition) is 2. The molecule has 0 radical (unpaired) electrons. The van der Waals surface area contributed by atoms with E-state index in [1.807, 2.05) is 7.05 Å². The Morgan fingerprint density at radius 1 is 1.40 bits per heavy atom. The van der Waals surface area contributed by atoms with Gasteiger partial charge < -0.3 is 15.2 Å². The topological polar surface area (TPSA) is 41.5 Å². The van der Waals surface area contributed by atoms with Crippen LogP contribution in [0.1, 0.15) is 6.42 Å². The summed E-state index contributed by atoms with van der Waals surface area (Å²) in [7, 11) is 1.91. The molecular weight excluding hydrogens is 154 g/mol. The van der Waals surface area contributed by atoms with Crippen molar-refractivity contribution in [1.29, 1.82) is 0 Å². The normalized spacial score (nSPS) is 9.00. The third-order valence-corrected chi connectivity index (χ3v) is 0.951. The van der Waals surface area contributed by atoms with E-state index in [1.54, 1.807) is 0 Å². The van der Waals surface area contributed by atoms with Crippen LogP contribution in [0.5, 0.6) is 0 Å². The van der Waals surface area contributed by atoms with Crippen LogP contribution < -0.4 is 5.32 Å². The lowest BCUT2D eigenvalue weighted by Crippen LogP contribution is -2.11. The third kappa shape index (κ3) is 11.0. The molecule has 0 aromatic carbocycles. The largest absolute Gasteiger partial charge is 0.394 e. The summed E-state index contributed by atoms with van der Waals surface area (Å²) in [6.45, 7) is 2.30. The molecule has 0 aromatic rings. The second kappa shape index (κ2) is 11.9. The number of rotatable bonds is 6. The van der Waals surface area contributed by atoms with Crippen molar-refractivity contribution in [1.82, 2.24) is 5.32 Å². The molecule has 0 spiro atoms. The zero-order valence-electron chi connectivity index (χ0n) is 6.30. The highest BCUT2D eigenvalue weighted by Gasteiger charge is 1.84. The SMILES string of the molecule is CNCCCOCCO.Cl. The number of ether oxygens (including phenoxy) is 1. The quantitative estimate of drug-likeness (QED) is 0.552. The van der Waals surface area contributed by atoms with Gasteiger partial charge in [-0.3, -0.25) is 0 Å². The van der Waals surface area contributed by atoms with Crippen molar-refractivity contribution < 1.29 is 9.84 Å². The molecule has 10 heavy (non-hydrogen) atoms. The maximum atomic E-state index is 8.28. The zero-order valence-corrected chi connectivity index (χ0v) is 7.12. The molecule has 0 aliphatic rings. The molecule has 0 bridgehead atoms. The summed E-state index contributed by atoms with van der Waals surface area (Å²) < 4.78 is 4.99. The van der Waals surface area contributed by atoms with Gasteiger partial charge in [-0.15, -0.1) is 12.4 Å². The zero-order chi connectivity index (χ0) is 6.95. The van der Waals surface area contributed by atoms with Gasteiger partial charge in [-0.25, -0.2) is 0 Å². The molecule has 0 amide bonds. The molecule has 0 aliphatic carbocycles. The van der Waals surface area contributed by atoms with Gasteiger partial charge in [0.25, 0.3) is 0 Å². The molecule has 0 aromatic heterocycles. The number of aliphatic hydroxyl groups excluding tert-OH is 1. The molecule has 2 N–H and O–H groups in total. The summed E-state index contributed by atoms with van der Waals surface area (Å²) in [5.74, 6) is 0. The molecule has 0 rings (SSSR count). The summed E-state index contributed by atoms with van der Waals surface area (Å²) in [5, 5.41) is 11.3. The second-order valence-corrected chi connectivity index (χ2v) is 1.79. The van der Waals surface area contributed by atoms with Gasteiger partial charge in [-0.2, -0.15) is 0 Å². The maximum absolute atomic E-state index is 8.28. The lowest BCUT2D eigenvalue weighted by Gasteiger charge is -1.99. The second-order valence-electron chi connectivity index (χ2n) is 1.79. The first-order valence-electron chi connectivity index (χ1n) is 3.25. The van der Waals surface area contributed by atoms with E-state index in [0.717, 1.165) is 19.6 Å². The van der Waals surface area contributed by atoms with Crippen molar-refractivity contribution in [2.24, 2.45) is 0 Å². The molecule has 3 nitrogen and oxygen atoms in total. The van der Waals surface area contributed by atoms with Crippen LogP contribution >= 0.6 is 12.4 Å². The van der Waals surface area contributed by atoms with Crippen molar-refractivity contribution >= 4 is 12.4 Å². The highest BCUT2D eigenvalue weighted by molar-refractivity contribution is 5.85. The first kappa shape index (κ1) is 12.8. The average molecular weight is 170 g/mol. The third-order valence-electron chi connectivity index (χ3n) is 0.951. The Bertz CT molecular complexity index is 49.0. The van der Waals surface area contributed by atoms with Crippen LogP contribution in [0.15, 0.2) is 0 Å². The lowest BCUT2D eigenvalue weighted by atomic mass is 10.4. The van der Waals surface area contributed by atoms with Gasteiger partial charge in [-0.05, 0) is 20.0 Å². The highest BCUT2D eigenvalue weighted by atomic mass is 35.5. The molecule has 0 atom stereocenters. The fraction of sp³-hybridized carbons (Fsp3) is 1.00. The highest BCUT2D eigenvalue weighted by Crippen LogP contribution is 1.78. The van der Waals surface area contributed by atoms with Crippen LogP contribution in [-0.2, 0) is 4.74 Å². The first-order valence-corrected chi connectivity index (χ1v) is 3.25. The minimum Gasteiger partial charge on any atom is -0.394 e. The minimum absolute atomic E-state index is 0. The maximum Gasteiger partial charge on any atom is 0.0697 e. The minimum atomic E-state index is 0. The average Bonchev–Trinajstić information content (AvgIpc) is 1.89. The molecular formula is C6H16ClNO2. The molecule has 4 heteroatoms. The van der Waals surface area contributed by atoms with E-state index in [1.165, 1.54) is 0 Å². The van der Waals surface area contributed by atoms with E-state index in [2.05, 4.69) is 5.32 Å². The predicted molar refractivity (Wildman–Crippen MR) is 43.7 cm³/mol. The number of aliphatic hydroxyl groups is 1. The molecule has 64 valence electrons. The fourth-order valence-corrected chi connectivity index (χ4v) is 0.518. The first-order chi connectivity index (χ1) is 4.41. The molecule has 0 saturated carbocycles. The van der Waals surface area contributed by atoms with Gasteiger partial charge in [0.2, 0.25) is 0 Å². The van der Waals surface area contributed by atoms with Crippen molar-refractivity contribution in [2.45, 2.75) is 6.42 Å². The lowest BCUT2D eigenvalue weighted by molar-refractivity contribution is 0.0910. The molecule has 0 unspecified atom stereocenters. The predicted octanol–water partition coefficient (Wildman–Crippen LogP) is 0.0266. The van der Waals surface area contributed by atoms with E-state index < -0.39 is 0 Å². The van der Waals surface area contributed by atoms with E-state index in [9.17, 15) is 0 Å². The summed E-state index contributed by atoms with van der Waals surface area (Å²) in [6.07, 6.45) is 1.01. The fourth-order valence-electron chi connectivity index (χ4n) is 0.518.